The highest BCUT2D eigenvalue weighted by molar-refractivity contribution is 5.70. The molecule has 0 aromatic heterocycles. The Labute approximate surface area is 335 Å². The van der Waals surface area contributed by atoms with E-state index in [-0.39, 0.29) is 49.1 Å². The van der Waals surface area contributed by atoms with Gasteiger partial charge in [0.15, 0.2) is 6.10 Å². The summed E-state index contributed by atoms with van der Waals surface area (Å²) in [5.41, 5.74) is 0. The van der Waals surface area contributed by atoms with Gasteiger partial charge in [0.2, 0.25) is 0 Å². The number of aliphatic carboxylic acids is 1. The minimum atomic E-state index is -1.14. The topological polar surface area (TPSA) is 102 Å². The van der Waals surface area contributed by atoms with Crippen molar-refractivity contribution in [3.05, 3.63) is 85.1 Å². The first-order valence-corrected chi connectivity index (χ1v) is 21.1. The monoisotopic (exact) mass is 768 g/mol. The number of rotatable bonds is 36. The van der Waals surface area contributed by atoms with Crippen molar-refractivity contribution in [1.82, 2.24) is 0 Å². The summed E-state index contributed by atoms with van der Waals surface area (Å²) >= 11 is 0. The molecule has 55 heavy (non-hydrogen) atoms. The lowest BCUT2D eigenvalue weighted by Crippen LogP contribution is -2.55. The molecule has 0 saturated carbocycles. The highest BCUT2D eigenvalue weighted by atomic mass is 16.6. The molecule has 0 aliphatic heterocycles. The van der Waals surface area contributed by atoms with Crippen molar-refractivity contribution in [2.75, 3.05) is 41.0 Å². The number of hydrogen-bond donors (Lipinski definition) is 0. The van der Waals surface area contributed by atoms with E-state index in [1.54, 1.807) is 21.1 Å². The van der Waals surface area contributed by atoms with Crippen molar-refractivity contribution in [3.8, 4) is 0 Å². The van der Waals surface area contributed by atoms with Gasteiger partial charge in [0.05, 0.1) is 40.3 Å². The first-order chi connectivity index (χ1) is 26.6. The molecule has 0 radical (unpaired) electrons. The van der Waals surface area contributed by atoms with Crippen LogP contribution in [-0.2, 0) is 28.6 Å². The molecule has 312 valence electrons. The van der Waals surface area contributed by atoms with Crippen LogP contribution in [0.3, 0.4) is 0 Å². The van der Waals surface area contributed by atoms with Crippen LogP contribution in [0.15, 0.2) is 85.1 Å². The summed E-state index contributed by atoms with van der Waals surface area (Å²) < 4.78 is 17.0. The lowest BCUT2D eigenvalue weighted by Gasteiger charge is -2.34. The summed E-state index contributed by atoms with van der Waals surface area (Å²) in [6.07, 6.45) is 47.7. The van der Waals surface area contributed by atoms with Crippen molar-refractivity contribution in [3.63, 3.8) is 0 Å². The second-order valence-corrected chi connectivity index (χ2v) is 14.8. The van der Waals surface area contributed by atoms with E-state index < -0.39 is 18.1 Å². The zero-order chi connectivity index (χ0) is 40.7. The molecule has 8 nitrogen and oxygen atoms in total. The smallest absolute Gasteiger partial charge is 0.306 e. The van der Waals surface area contributed by atoms with E-state index in [0.717, 1.165) is 89.9 Å². The van der Waals surface area contributed by atoms with Crippen molar-refractivity contribution < 1.29 is 38.2 Å². The van der Waals surface area contributed by atoms with Gasteiger partial charge in [0, 0.05) is 19.3 Å². The number of ether oxygens (including phenoxy) is 3. The first-order valence-electron chi connectivity index (χ1n) is 21.1. The summed E-state index contributed by atoms with van der Waals surface area (Å²) in [7, 11) is 5.37. The Kier molecular flexibility index (Phi) is 35.1. The number of likely N-dealkylation sites (N-methyl/N-ethyl adjacent to an activating group) is 1. The minimum absolute atomic E-state index is 0.0174. The van der Waals surface area contributed by atoms with Crippen LogP contribution in [0.25, 0.3) is 0 Å². The number of nitrogens with zero attached hydrogens (tertiary/aromatic N) is 1. The van der Waals surface area contributed by atoms with Crippen LogP contribution < -0.4 is 5.11 Å². The molecule has 0 N–H and O–H groups in total. The fraction of sp³-hybridized carbons (Fsp3) is 0.638. The van der Waals surface area contributed by atoms with Gasteiger partial charge < -0.3 is 28.6 Å². The zero-order valence-corrected chi connectivity index (χ0v) is 35.3. The van der Waals surface area contributed by atoms with Gasteiger partial charge in [-0.25, -0.2) is 0 Å². The molecule has 0 aliphatic carbocycles. The number of esters is 2. The summed E-state index contributed by atoms with van der Waals surface area (Å²) in [6.45, 7) is 4.34. The van der Waals surface area contributed by atoms with Gasteiger partial charge in [0.25, 0.3) is 0 Å². The van der Waals surface area contributed by atoms with E-state index in [4.69, 9.17) is 14.2 Å². The summed E-state index contributed by atoms with van der Waals surface area (Å²) in [5, 5.41) is 11.6. The Bertz CT molecular complexity index is 1170. The van der Waals surface area contributed by atoms with Crippen molar-refractivity contribution >= 4 is 17.9 Å². The Hall–Kier alpha value is -3.49. The summed E-state index contributed by atoms with van der Waals surface area (Å²) in [5.74, 6) is -1.82. The van der Waals surface area contributed by atoms with Crippen molar-refractivity contribution in [2.24, 2.45) is 0 Å². The third-order valence-electron chi connectivity index (χ3n) is 8.78. The predicted molar refractivity (Wildman–Crippen MR) is 226 cm³/mol. The number of unbranched alkanes of at least 4 members (excludes halogenated alkanes) is 8. The third-order valence-corrected chi connectivity index (χ3v) is 8.78. The van der Waals surface area contributed by atoms with Gasteiger partial charge >= 0.3 is 11.9 Å². The Balaban J connectivity index is 4.31. The van der Waals surface area contributed by atoms with Crippen molar-refractivity contribution in [2.45, 2.75) is 154 Å². The molecular weight excluding hydrogens is 691 g/mol. The number of quaternary nitrogens is 1. The van der Waals surface area contributed by atoms with Crippen LogP contribution in [0.2, 0.25) is 0 Å². The van der Waals surface area contributed by atoms with E-state index in [0.29, 0.717) is 12.8 Å². The van der Waals surface area contributed by atoms with Gasteiger partial charge in [-0.3, -0.25) is 9.59 Å². The van der Waals surface area contributed by atoms with Crippen LogP contribution in [0.4, 0.5) is 0 Å². The number of carbonyl (C=O) groups is 3. The van der Waals surface area contributed by atoms with E-state index in [9.17, 15) is 19.5 Å². The number of carboxylic acid groups (broad SMARTS) is 1. The molecule has 0 aromatic carbocycles. The van der Waals surface area contributed by atoms with Crippen LogP contribution in [-0.4, -0.2) is 75.5 Å². The van der Waals surface area contributed by atoms with E-state index in [2.05, 4.69) is 98.9 Å². The fourth-order valence-electron chi connectivity index (χ4n) is 5.54. The molecule has 0 heterocycles. The first kappa shape index (κ1) is 51.5. The standard InChI is InChI=1S/C47H77NO7/c1-6-8-10-12-14-16-17-18-19-20-21-22-23-24-25-26-27-28-30-31-33-35-37-45(49)54-42-43(41-53-40-39-44(47(51)52)48(3,4)5)55-46(50)38-36-34-32-29-15-13-11-9-7-2/h8-11,14-16,18-19,21-22,24-25,29,43-44H,6-7,12-13,17,20,23,26-28,30-42H2,1-5H3/b10-8+,11-9+,16-14+,19-18+,22-21+,25-24+,29-15+. The van der Waals surface area contributed by atoms with Crippen LogP contribution >= 0.6 is 0 Å². The maximum absolute atomic E-state index is 12.6. The summed E-state index contributed by atoms with van der Waals surface area (Å²) in [6, 6.07) is -0.737. The molecule has 0 aromatic rings. The second-order valence-electron chi connectivity index (χ2n) is 14.8. The molecule has 2 atom stereocenters. The average molecular weight is 768 g/mol. The fourth-order valence-corrected chi connectivity index (χ4v) is 5.54. The largest absolute Gasteiger partial charge is 0.544 e. The molecule has 2 unspecified atom stereocenters. The Morgan fingerprint density at radius 3 is 1.45 bits per heavy atom. The SMILES string of the molecule is CC/C=C/C/C=C/C/C=C/C/C=C/C/C=C/CCCCCCCCC(=O)OCC(COCCC(C(=O)[O-])[N+](C)(C)C)OC(=O)CCCC/C=C/C/C=C/CC. The Morgan fingerprint density at radius 2 is 0.964 bits per heavy atom. The summed E-state index contributed by atoms with van der Waals surface area (Å²) in [4.78, 5) is 36.7. The highest BCUT2D eigenvalue weighted by Crippen LogP contribution is 2.12. The molecule has 0 rings (SSSR count). The zero-order valence-electron chi connectivity index (χ0n) is 35.3. The van der Waals surface area contributed by atoms with E-state index >= 15 is 0 Å². The quantitative estimate of drug-likeness (QED) is 0.0271. The number of carboxylic acids is 1. The minimum Gasteiger partial charge on any atom is -0.544 e. The molecule has 0 fully saturated rings. The number of allylic oxidation sites excluding steroid dienone is 14. The van der Waals surface area contributed by atoms with Gasteiger partial charge in [-0.15, -0.1) is 0 Å². The number of carbonyl (C=O) groups excluding carboxylic acids is 3. The van der Waals surface area contributed by atoms with Gasteiger partial charge in [-0.05, 0) is 83.5 Å². The van der Waals surface area contributed by atoms with Crippen LogP contribution in [0.1, 0.15) is 142 Å². The van der Waals surface area contributed by atoms with E-state index in [1.165, 1.54) is 12.8 Å². The van der Waals surface area contributed by atoms with Gasteiger partial charge in [-0.1, -0.05) is 125 Å². The Morgan fingerprint density at radius 1 is 0.545 bits per heavy atom. The molecule has 0 saturated heterocycles. The third kappa shape index (κ3) is 35.9. The predicted octanol–water partition coefficient (Wildman–Crippen LogP) is 10.0. The van der Waals surface area contributed by atoms with Crippen molar-refractivity contribution in [1.29, 1.82) is 0 Å². The molecule has 8 heteroatoms. The van der Waals surface area contributed by atoms with E-state index in [1.807, 2.05) is 0 Å². The van der Waals surface area contributed by atoms with Gasteiger partial charge in [0.1, 0.15) is 12.6 Å². The van der Waals surface area contributed by atoms with Crippen LogP contribution in [0, 0.1) is 0 Å². The highest BCUT2D eigenvalue weighted by Gasteiger charge is 2.25. The number of hydrogen-bond acceptors (Lipinski definition) is 7. The molecule has 0 amide bonds. The molecule has 0 aliphatic rings. The molecular formula is C47H77NO7. The average Bonchev–Trinajstić information content (AvgIpc) is 3.14. The van der Waals surface area contributed by atoms with Gasteiger partial charge in [-0.2, -0.15) is 0 Å². The second kappa shape index (κ2) is 37.4. The molecule has 0 bridgehead atoms. The molecule has 0 spiro atoms. The lowest BCUT2D eigenvalue weighted by molar-refractivity contribution is -0.889. The maximum atomic E-state index is 12.6. The normalized spacial score (nSPS) is 13.8. The lowest BCUT2D eigenvalue weighted by atomic mass is 10.1. The van der Waals surface area contributed by atoms with Crippen LogP contribution in [0.5, 0.6) is 0 Å². The maximum Gasteiger partial charge on any atom is 0.306 e.